The van der Waals surface area contributed by atoms with E-state index in [4.69, 9.17) is 9.84 Å². The van der Waals surface area contributed by atoms with Gasteiger partial charge in [0.05, 0.1) is 6.61 Å². The molecule has 0 spiro atoms. The Hall–Kier alpha value is -0.610. The van der Waals surface area contributed by atoms with Gasteiger partial charge in [-0.15, -0.1) is 0 Å². The molecule has 0 aliphatic rings. The molecule has 0 heterocycles. The van der Waals surface area contributed by atoms with Crippen LogP contribution in [-0.4, -0.2) is 37.4 Å². The number of hydrogen-bond donors (Lipinski definition) is 2. The van der Waals surface area contributed by atoms with Crippen molar-refractivity contribution in [3.05, 3.63) is 0 Å². The van der Waals surface area contributed by atoms with E-state index in [1.165, 1.54) is 0 Å². The summed E-state index contributed by atoms with van der Waals surface area (Å²) in [4.78, 5) is 11.0. The topological polar surface area (TPSA) is 58.6 Å². The van der Waals surface area contributed by atoms with Crippen molar-refractivity contribution in [3.63, 3.8) is 0 Å². The first-order valence-electron chi connectivity index (χ1n) is 4.76. The summed E-state index contributed by atoms with van der Waals surface area (Å²) in [6, 6.07) is 0. The van der Waals surface area contributed by atoms with Crippen molar-refractivity contribution >= 4 is 5.91 Å². The van der Waals surface area contributed by atoms with Crippen LogP contribution >= 0.6 is 0 Å². The number of nitrogens with one attached hydrogen (secondary N) is 1. The van der Waals surface area contributed by atoms with E-state index in [0.29, 0.717) is 32.6 Å². The minimum absolute atomic E-state index is 0.0353. The van der Waals surface area contributed by atoms with E-state index in [1.54, 1.807) is 0 Å². The highest BCUT2D eigenvalue weighted by molar-refractivity contribution is 5.75. The number of carbonyl (C=O) groups is 1. The van der Waals surface area contributed by atoms with Crippen molar-refractivity contribution in [3.8, 4) is 0 Å². The molecule has 0 aliphatic heterocycles. The third-order valence-electron chi connectivity index (χ3n) is 1.58. The minimum Gasteiger partial charge on any atom is -0.396 e. The molecule has 0 fully saturated rings. The first-order chi connectivity index (χ1) is 6.31. The number of rotatable bonds is 8. The van der Waals surface area contributed by atoms with Gasteiger partial charge >= 0.3 is 0 Å². The molecule has 0 saturated heterocycles. The lowest BCUT2D eigenvalue weighted by atomic mass is 10.2. The molecule has 0 rings (SSSR count). The third kappa shape index (κ3) is 9.30. The van der Waals surface area contributed by atoms with Crippen molar-refractivity contribution in [2.45, 2.75) is 26.2 Å². The maximum atomic E-state index is 11.0. The van der Waals surface area contributed by atoms with Crippen LogP contribution < -0.4 is 5.32 Å². The smallest absolute Gasteiger partial charge is 0.220 e. The number of amides is 1. The molecule has 0 aromatic rings. The van der Waals surface area contributed by atoms with E-state index in [1.807, 2.05) is 6.92 Å². The molecule has 2 N–H and O–H groups in total. The lowest BCUT2D eigenvalue weighted by Crippen LogP contribution is -2.26. The van der Waals surface area contributed by atoms with Gasteiger partial charge in [0, 0.05) is 26.2 Å². The Morgan fingerprint density at radius 2 is 2.23 bits per heavy atom. The Morgan fingerprint density at radius 1 is 1.46 bits per heavy atom. The molecule has 0 saturated carbocycles. The molecule has 78 valence electrons. The van der Waals surface area contributed by atoms with Gasteiger partial charge in [-0.1, -0.05) is 0 Å². The Morgan fingerprint density at radius 3 is 2.85 bits per heavy atom. The molecule has 0 bridgehead atoms. The minimum atomic E-state index is 0.0353. The average molecular weight is 189 g/mol. The second kappa shape index (κ2) is 9.48. The van der Waals surface area contributed by atoms with Crippen molar-refractivity contribution in [2.75, 3.05) is 26.4 Å². The predicted molar refractivity (Wildman–Crippen MR) is 50.4 cm³/mol. The van der Waals surface area contributed by atoms with Crippen LogP contribution in [0.2, 0.25) is 0 Å². The first kappa shape index (κ1) is 12.4. The van der Waals surface area contributed by atoms with Crippen LogP contribution in [0.25, 0.3) is 0 Å². The SMILES string of the molecule is CCOCCNC(=O)CCCCO. The molecule has 4 heteroatoms. The standard InChI is InChI=1S/C9H19NO3/c1-2-13-8-6-10-9(12)5-3-4-7-11/h11H,2-8H2,1H3,(H,10,12). The summed E-state index contributed by atoms with van der Waals surface area (Å²) in [6.45, 7) is 3.91. The zero-order chi connectivity index (χ0) is 9.94. The van der Waals surface area contributed by atoms with Crippen LogP contribution in [0, 0.1) is 0 Å². The summed E-state index contributed by atoms with van der Waals surface area (Å²) in [5.74, 6) is 0.0353. The zero-order valence-electron chi connectivity index (χ0n) is 8.21. The summed E-state index contributed by atoms with van der Waals surface area (Å²) in [5, 5.41) is 11.2. The van der Waals surface area contributed by atoms with Crippen LogP contribution in [0.1, 0.15) is 26.2 Å². The van der Waals surface area contributed by atoms with Gasteiger partial charge in [-0.05, 0) is 19.8 Å². The Labute approximate surface area is 79.3 Å². The number of hydrogen-bond acceptors (Lipinski definition) is 3. The summed E-state index contributed by atoms with van der Waals surface area (Å²) in [6.07, 6.45) is 1.93. The van der Waals surface area contributed by atoms with Gasteiger partial charge in [-0.25, -0.2) is 0 Å². The van der Waals surface area contributed by atoms with E-state index in [0.717, 1.165) is 6.42 Å². The number of unbranched alkanes of at least 4 members (excludes halogenated alkanes) is 1. The summed E-state index contributed by atoms with van der Waals surface area (Å²) in [5.41, 5.74) is 0. The molecule has 0 atom stereocenters. The number of aliphatic hydroxyl groups is 1. The lowest BCUT2D eigenvalue weighted by Gasteiger charge is -2.04. The molecular weight excluding hydrogens is 170 g/mol. The number of ether oxygens (including phenoxy) is 1. The Kier molecular flexibility index (Phi) is 9.03. The van der Waals surface area contributed by atoms with Crippen molar-refractivity contribution in [1.82, 2.24) is 5.32 Å². The largest absolute Gasteiger partial charge is 0.396 e. The number of aliphatic hydroxyl groups excluding tert-OH is 1. The van der Waals surface area contributed by atoms with Crippen LogP contribution in [-0.2, 0) is 9.53 Å². The summed E-state index contributed by atoms with van der Waals surface area (Å²) in [7, 11) is 0. The first-order valence-corrected chi connectivity index (χ1v) is 4.76. The highest BCUT2D eigenvalue weighted by Gasteiger charge is 1.98. The maximum Gasteiger partial charge on any atom is 0.220 e. The summed E-state index contributed by atoms with van der Waals surface area (Å²) >= 11 is 0. The van der Waals surface area contributed by atoms with E-state index in [9.17, 15) is 4.79 Å². The highest BCUT2D eigenvalue weighted by atomic mass is 16.5. The zero-order valence-corrected chi connectivity index (χ0v) is 8.21. The molecule has 0 radical (unpaired) electrons. The summed E-state index contributed by atoms with van der Waals surface area (Å²) < 4.78 is 5.05. The molecule has 0 aromatic carbocycles. The van der Waals surface area contributed by atoms with Gasteiger partial charge in [0.2, 0.25) is 5.91 Å². The molecule has 0 aromatic heterocycles. The number of carbonyl (C=O) groups excluding carboxylic acids is 1. The second-order valence-electron chi connectivity index (χ2n) is 2.73. The molecule has 13 heavy (non-hydrogen) atoms. The van der Waals surface area contributed by atoms with E-state index >= 15 is 0 Å². The molecule has 4 nitrogen and oxygen atoms in total. The van der Waals surface area contributed by atoms with Gasteiger partial charge in [0.25, 0.3) is 0 Å². The van der Waals surface area contributed by atoms with E-state index in [-0.39, 0.29) is 12.5 Å². The van der Waals surface area contributed by atoms with Crippen LogP contribution in [0.15, 0.2) is 0 Å². The monoisotopic (exact) mass is 189 g/mol. The van der Waals surface area contributed by atoms with Crippen molar-refractivity contribution in [1.29, 1.82) is 0 Å². The van der Waals surface area contributed by atoms with Crippen LogP contribution in [0.5, 0.6) is 0 Å². The predicted octanol–water partition coefficient (Wildman–Crippen LogP) is 0.302. The normalized spacial score (nSPS) is 10.0. The molecule has 0 unspecified atom stereocenters. The van der Waals surface area contributed by atoms with E-state index < -0.39 is 0 Å². The fourth-order valence-electron chi connectivity index (χ4n) is 0.893. The second-order valence-corrected chi connectivity index (χ2v) is 2.73. The van der Waals surface area contributed by atoms with Crippen LogP contribution in [0.3, 0.4) is 0 Å². The Balaban J connectivity index is 3.11. The highest BCUT2D eigenvalue weighted by Crippen LogP contribution is 1.93. The maximum absolute atomic E-state index is 11.0. The van der Waals surface area contributed by atoms with Gasteiger partial charge < -0.3 is 15.2 Å². The molecular formula is C9H19NO3. The fraction of sp³-hybridized carbons (Fsp3) is 0.889. The third-order valence-corrected chi connectivity index (χ3v) is 1.58. The molecule has 0 aliphatic carbocycles. The lowest BCUT2D eigenvalue weighted by molar-refractivity contribution is -0.121. The fourth-order valence-corrected chi connectivity index (χ4v) is 0.893. The van der Waals surface area contributed by atoms with E-state index in [2.05, 4.69) is 5.32 Å². The van der Waals surface area contributed by atoms with Crippen molar-refractivity contribution < 1.29 is 14.6 Å². The van der Waals surface area contributed by atoms with Gasteiger partial charge in [0.1, 0.15) is 0 Å². The average Bonchev–Trinajstić information content (AvgIpc) is 2.13. The van der Waals surface area contributed by atoms with Gasteiger partial charge in [0.15, 0.2) is 0 Å². The van der Waals surface area contributed by atoms with Gasteiger partial charge in [-0.2, -0.15) is 0 Å². The van der Waals surface area contributed by atoms with Crippen molar-refractivity contribution in [2.24, 2.45) is 0 Å². The molecule has 1 amide bonds. The quantitative estimate of drug-likeness (QED) is 0.540. The van der Waals surface area contributed by atoms with Gasteiger partial charge in [-0.3, -0.25) is 4.79 Å². The Bertz CT molecular complexity index is 128. The van der Waals surface area contributed by atoms with Crippen LogP contribution in [0.4, 0.5) is 0 Å².